The lowest BCUT2D eigenvalue weighted by Gasteiger charge is -2.26. The van der Waals surface area contributed by atoms with Crippen LogP contribution >= 0.6 is 24.0 Å². The van der Waals surface area contributed by atoms with Crippen molar-refractivity contribution in [2.75, 3.05) is 34.2 Å². The number of hydrogen-bond donors (Lipinski definition) is 2. The Morgan fingerprint density at radius 2 is 2.14 bits per heavy atom. The van der Waals surface area contributed by atoms with E-state index in [0.29, 0.717) is 19.0 Å². The van der Waals surface area contributed by atoms with Crippen molar-refractivity contribution in [2.24, 2.45) is 4.99 Å². The van der Waals surface area contributed by atoms with Crippen molar-refractivity contribution in [3.63, 3.8) is 0 Å². The van der Waals surface area contributed by atoms with Gasteiger partial charge in [-0.3, -0.25) is 4.99 Å². The number of nitrogens with zero attached hydrogens (tertiary/aromatic N) is 2. The van der Waals surface area contributed by atoms with Crippen LogP contribution in [0.2, 0.25) is 0 Å². The van der Waals surface area contributed by atoms with Gasteiger partial charge in [0, 0.05) is 20.1 Å². The molecule has 2 N–H and O–H groups in total. The molecule has 0 aliphatic rings. The molecule has 0 heterocycles. The molecule has 4 nitrogen and oxygen atoms in total. The van der Waals surface area contributed by atoms with Crippen molar-refractivity contribution in [1.82, 2.24) is 15.5 Å². The molecule has 1 rings (SSSR count). The Bertz CT molecular complexity index is 463. The van der Waals surface area contributed by atoms with Crippen molar-refractivity contribution >= 4 is 29.9 Å². The van der Waals surface area contributed by atoms with Crippen LogP contribution in [0.15, 0.2) is 41.9 Å². The van der Waals surface area contributed by atoms with Gasteiger partial charge in [0.1, 0.15) is 5.82 Å². The standard InChI is InChI=1S/C15H23FN4.HI/c1-5-9-18-15(17-2)19-11-14(20(3)4)12-7-6-8-13(16)10-12;/h5-8,10,14H,1,9,11H2,2-4H3,(H2,17,18,19);1H. The van der Waals surface area contributed by atoms with Gasteiger partial charge in [-0.1, -0.05) is 18.2 Å². The third kappa shape index (κ3) is 6.90. The highest BCUT2D eigenvalue weighted by molar-refractivity contribution is 14.0. The number of halogens is 2. The molecule has 0 amide bonds. The minimum atomic E-state index is -0.219. The molecule has 1 unspecified atom stereocenters. The SMILES string of the molecule is C=CCNC(=NC)NCC(c1cccc(F)c1)N(C)C.I. The van der Waals surface area contributed by atoms with E-state index in [4.69, 9.17) is 0 Å². The minimum Gasteiger partial charge on any atom is -0.354 e. The van der Waals surface area contributed by atoms with Gasteiger partial charge in [0.25, 0.3) is 0 Å². The van der Waals surface area contributed by atoms with Crippen LogP contribution in [0.3, 0.4) is 0 Å². The van der Waals surface area contributed by atoms with E-state index in [1.807, 2.05) is 25.1 Å². The van der Waals surface area contributed by atoms with E-state index in [0.717, 1.165) is 5.56 Å². The van der Waals surface area contributed by atoms with E-state index in [-0.39, 0.29) is 35.8 Å². The molecule has 0 aromatic heterocycles. The smallest absolute Gasteiger partial charge is 0.191 e. The Kier molecular flexibility index (Phi) is 9.98. The van der Waals surface area contributed by atoms with Crippen LogP contribution in [0.5, 0.6) is 0 Å². The summed E-state index contributed by atoms with van der Waals surface area (Å²) in [6.07, 6.45) is 1.77. The van der Waals surface area contributed by atoms with E-state index in [2.05, 4.69) is 22.2 Å². The van der Waals surface area contributed by atoms with E-state index in [1.54, 1.807) is 25.3 Å². The lowest BCUT2D eigenvalue weighted by molar-refractivity contribution is 0.297. The van der Waals surface area contributed by atoms with E-state index in [9.17, 15) is 4.39 Å². The molecule has 0 saturated heterocycles. The molecule has 0 fully saturated rings. The van der Waals surface area contributed by atoms with Gasteiger partial charge in [-0.2, -0.15) is 0 Å². The van der Waals surface area contributed by atoms with Gasteiger partial charge in [0.05, 0.1) is 6.04 Å². The summed E-state index contributed by atoms with van der Waals surface area (Å²) in [4.78, 5) is 6.17. The van der Waals surface area contributed by atoms with Gasteiger partial charge < -0.3 is 15.5 Å². The summed E-state index contributed by atoms with van der Waals surface area (Å²) in [5, 5.41) is 6.34. The third-order valence-corrected chi connectivity index (χ3v) is 2.96. The lowest BCUT2D eigenvalue weighted by Crippen LogP contribution is -2.41. The van der Waals surface area contributed by atoms with Crippen LogP contribution in [0.1, 0.15) is 11.6 Å². The topological polar surface area (TPSA) is 39.7 Å². The second kappa shape index (κ2) is 10.6. The lowest BCUT2D eigenvalue weighted by atomic mass is 10.1. The summed E-state index contributed by atoms with van der Waals surface area (Å²) in [6.45, 7) is 4.93. The molecule has 0 saturated carbocycles. The first-order chi connectivity index (χ1) is 9.58. The number of aliphatic imine (C=N–C) groups is 1. The largest absolute Gasteiger partial charge is 0.354 e. The molecule has 0 radical (unpaired) electrons. The summed E-state index contributed by atoms with van der Waals surface area (Å²) in [5.41, 5.74) is 0.932. The number of hydrogen-bond acceptors (Lipinski definition) is 2. The molecular weight excluding hydrogens is 382 g/mol. The predicted octanol–water partition coefficient (Wildman–Crippen LogP) is 2.40. The summed E-state index contributed by atoms with van der Waals surface area (Å²) in [7, 11) is 5.65. The normalized spacial score (nSPS) is 12.5. The second-order valence-electron chi connectivity index (χ2n) is 4.66. The van der Waals surface area contributed by atoms with Gasteiger partial charge in [0.15, 0.2) is 5.96 Å². The third-order valence-electron chi connectivity index (χ3n) is 2.96. The fourth-order valence-electron chi connectivity index (χ4n) is 1.90. The van der Waals surface area contributed by atoms with Crippen LogP contribution in [0.25, 0.3) is 0 Å². The van der Waals surface area contributed by atoms with Crippen LogP contribution in [-0.2, 0) is 0 Å². The maximum Gasteiger partial charge on any atom is 0.191 e. The van der Waals surface area contributed by atoms with Gasteiger partial charge in [-0.15, -0.1) is 30.6 Å². The summed E-state index contributed by atoms with van der Waals surface area (Å²) < 4.78 is 13.3. The zero-order valence-corrected chi connectivity index (χ0v) is 15.1. The molecule has 0 bridgehead atoms. The van der Waals surface area contributed by atoms with Gasteiger partial charge in [-0.25, -0.2) is 4.39 Å². The Morgan fingerprint density at radius 3 is 2.67 bits per heavy atom. The van der Waals surface area contributed by atoms with Crippen molar-refractivity contribution in [3.05, 3.63) is 48.3 Å². The summed E-state index contributed by atoms with van der Waals surface area (Å²) in [6, 6.07) is 6.73. The van der Waals surface area contributed by atoms with Crippen LogP contribution < -0.4 is 10.6 Å². The van der Waals surface area contributed by atoms with Crippen molar-refractivity contribution < 1.29 is 4.39 Å². The quantitative estimate of drug-likeness (QED) is 0.330. The molecule has 1 aromatic rings. The van der Waals surface area contributed by atoms with Crippen LogP contribution in [0.4, 0.5) is 4.39 Å². The first-order valence-electron chi connectivity index (χ1n) is 6.55. The molecule has 6 heteroatoms. The van der Waals surface area contributed by atoms with Crippen LogP contribution in [-0.4, -0.2) is 45.1 Å². The van der Waals surface area contributed by atoms with Crippen LogP contribution in [0, 0.1) is 5.82 Å². The number of likely N-dealkylation sites (N-methyl/N-ethyl adjacent to an activating group) is 1. The minimum absolute atomic E-state index is 0. The number of guanidine groups is 1. The van der Waals surface area contributed by atoms with Gasteiger partial charge in [-0.05, 0) is 31.8 Å². The highest BCUT2D eigenvalue weighted by atomic mass is 127. The maximum atomic E-state index is 13.3. The predicted molar refractivity (Wildman–Crippen MR) is 97.8 cm³/mol. The fourth-order valence-corrected chi connectivity index (χ4v) is 1.90. The average molecular weight is 406 g/mol. The Balaban J connectivity index is 0.00000400. The Labute approximate surface area is 143 Å². The van der Waals surface area contributed by atoms with Crippen molar-refractivity contribution in [3.8, 4) is 0 Å². The Morgan fingerprint density at radius 1 is 1.43 bits per heavy atom. The fraction of sp³-hybridized carbons (Fsp3) is 0.400. The highest BCUT2D eigenvalue weighted by Gasteiger charge is 2.15. The monoisotopic (exact) mass is 406 g/mol. The van der Waals surface area contributed by atoms with Gasteiger partial charge >= 0.3 is 0 Å². The first kappa shape index (κ1) is 19.9. The van der Waals surface area contributed by atoms with E-state index >= 15 is 0 Å². The van der Waals surface area contributed by atoms with Crippen molar-refractivity contribution in [2.45, 2.75) is 6.04 Å². The molecule has 0 aliphatic carbocycles. The maximum absolute atomic E-state index is 13.3. The number of benzene rings is 1. The van der Waals surface area contributed by atoms with E-state index < -0.39 is 0 Å². The average Bonchev–Trinajstić information content (AvgIpc) is 2.42. The summed E-state index contributed by atoms with van der Waals surface area (Å²) in [5.74, 6) is 0.483. The molecule has 1 atom stereocenters. The zero-order valence-electron chi connectivity index (χ0n) is 12.8. The Hall–Kier alpha value is -1.15. The zero-order chi connectivity index (χ0) is 15.0. The summed E-state index contributed by atoms with van der Waals surface area (Å²) >= 11 is 0. The molecule has 0 spiro atoms. The molecular formula is C15H24FIN4. The second-order valence-corrected chi connectivity index (χ2v) is 4.66. The highest BCUT2D eigenvalue weighted by Crippen LogP contribution is 2.18. The number of nitrogens with one attached hydrogen (secondary N) is 2. The molecule has 1 aromatic carbocycles. The molecule has 21 heavy (non-hydrogen) atoms. The number of rotatable bonds is 6. The van der Waals surface area contributed by atoms with Gasteiger partial charge in [0.2, 0.25) is 0 Å². The van der Waals surface area contributed by atoms with Crippen molar-refractivity contribution in [1.29, 1.82) is 0 Å². The van der Waals surface area contributed by atoms with E-state index in [1.165, 1.54) is 6.07 Å². The first-order valence-corrected chi connectivity index (χ1v) is 6.55. The molecule has 0 aliphatic heterocycles. The molecule has 118 valence electrons.